The molecule has 0 atom stereocenters. The van der Waals surface area contributed by atoms with Crippen molar-refractivity contribution in [2.24, 2.45) is 0 Å². The number of halogens is 2. The first-order chi connectivity index (χ1) is 17.3. The number of phenols is 1. The van der Waals surface area contributed by atoms with Crippen molar-refractivity contribution < 1.29 is 29.3 Å². The standard InChI is InChI=1S/C26H24Cl2N2O6/c27-21-14-19(30(16-24(32)33)26(34)29-8-10-35-11-9-29)15-22(28)25(21)36-20-6-7-23(31)18(13-20)12-17-4-2-1-3-5-17/h1-7,13-15,31H,8-12,16H2,(H,32,33). The summed E-state index contributed by atoms with van der Waals surface area (Å²) in [6.45, 7) is 0.886. The summed E-state index contributed by atoms with van der Waals surface area (Å²) < 4.78 is 11.2. The van der Waals surface area contributed by atoms with E-state index in [1.54, 1.807) is 12.1 Å². The average Bonchev–Trinajstić information content (AvgIpc) is 2.87. The zero-order valence-corrected chi connectivity index (χ0v) is 20.7. The van der Waals surface area contributed by atoms with Gasteiger partial charge >= 0.3 is 12.0 Å². The molecule has 1 heterocycles. The SMILES string of the molecule is O=C(O)CN(C(=O)N1CCOCC1)c1cc(Cl)c(Oc2ccc(O)c(Cc3ccccc3)c2)c(Cl)c1. The summed E-state index contributed by atoms with van der Waals surface area (Å²) in [4.78, 5) is 27.2. The van der Waals surface area contributed by atoms with Gasteiger partial charge in [-0.3, -0.25) is 9.69 Å². The summed E-state index contributed by atoms with van der Waals surface area (Å²) in [5.74, 6) is -0.501. The van der Waals surface area contributed by atoms with Crippen molar-refractivity contribution in [1.82, 2.24) is 4.90 Å². The van der Waals surface area contributed by atoms with Gasteiger partial charge in [0.25, 0.3) is 0 Å². The molecule has 1 saturated heterocycles. The summed E-state index contributed by atoms with van der Waals surface area (Å²) in [6, 6.07) is 16.9. The van der Waals surface area contributed by atoms with Gasteiger partial charge in [0.05, 0.1) is 23.3 Å². The van der Waals surface area contributed by atoms with Gasteiger partial charge in [0, 0.05) is 30.8 Å². The van der Waals surface area contributed by atoms with Gasteiger partial charge in [-0.2, -0.15) is 0 Å². The number of aromatic hydroxyl groups is 1. The molecule has 10 heteroatoms. The largest absolute Gasteiger partial charge is 0.508 e. The number of anilines is 1. The van der Waals surface area contributed by atoms with E-state index >= 15 is 0 Å². The molecular weight excluding hydrogens is 507 g/mol. The molecule has 4 rings (SSSR count). The van der Waals surface area contributed by atoms with Gasteiger partial charge < -0.3 is 24.6 Å². The normalized spacial score (nSPS) is 13.3. The number of amides is 2. The number of carbonyl (C=O) groups is 2. The summed E-state index contributed by atoms with van der Waals surface area (Å²) >= 11 is 13.0. The minimum Gasteiger partial charge on any atom is -0.508 e. The molecule has 188 valence electrons. The number of nitrogens with zero attached hydrogens (tertiary/aromatic N) is 2. The molecule has 3 aromatic rings. The highest BCUT2D eigenvalue weighted by atomic mass is 35.5. The number of morpholine rings is 1. The lowest BCUT2D eigenvalue weighted by Crippen LogP contribution is -2.49. The third-order valence-electron chi connectivity index (χ3n) is 5.61. The molecule has 1 aliphatic heterocycles. The molecule has 8 nitrogen and oxygen atoms in total. The number of urea groups is 1. The second-order valence-electron chi connectivity index (χ2n) is 8.16. The van der Waals surface area contributed by atoms with Crippen LogP contribution in [0.25, 0.3) is 0 Å². The van der Waals surface area contributed by atoms with Crippen LogP contribution in [0.5, 0.6) is 17.2 Å². The minimum atomic E-state index is -1.18. The number of aliphatic carboxylic acids is 1. The zero-order chi connectivity index (χ0) is 25.7. The van der Waals surface area contributed by atoms with Crippen LogP contribution in [0.3, 0.4) is 0 Å². The number of rotatable bonds is 7. The number of carboxylic acids is 1. The fourth-order valence-corrected chi connectivity index (χ4v) is 4.38. The molecular formula is C26H24Cl2N2O6. The minimum absolute atomic E-state index is 0.0975. The number of carbonyl (C=O) groups excluding carboxylic acids is 1. The third-order valence-corrected chi connectivity index (χ3v) is 6.17. The lowest BCUT2D eigenvalue weighted by atomic mass is 10.0. The monoisotopic (exact) mass is 530 g/mol. The first-order valence-corrected chi connectivity index (χ1v) is 12.0. The highest BCUT2D eigenvalue weighted by Crippen LogP contribution is 2.41. The fraction of sp³-hybridized carbons (Fsp3) is 0.231. The molecule has 1 fully saturated rings. The van der Waals surface area contributed by atoms with E-state index in [1.165, 1.54) is 23.1 Å². The number of hydrogen-bond donors (Lipinski definition) is 2. The Bertz CT molecular complexity index is 1230. The van der Waals surface area contributed by atoms with Crippen LogP contribution in [0.1, 0.15) is 11.1 Å². The fourth-order valence-electron chi connectivity index (χ4n) is 3.83. The third kappa shape index (κ3) is 6.20. The van der Waals surface area contributed by atoms with Crippen LogP contribution in [-0.4, -0.2) is 60.0 Å². The number of carboxylic acid groups (broad SMARTS) is 1. The maximum absolute atomic E-state index is 13.0. The van der Waals surface area contributed by atoms with Gasteiger partial charge in [-0.25, -0.2) is 4.79 Å². The summed E-state index contributed by atoms with van der Waals surface area (Å²) in [5, 5.41) is 19.9. The molecule has 0 unspecified atom stereocenters. The number of benzene rings is 3. The molecule has 0 spiro atoms. The molecule has 2 N–H and O–H groups in total. The van der Waals surface area contributed by atoms with E-state index in [4.69, 9.17) is 32.7 Å². The van der Waals surface area contributed by atoms with Crippen LogP contribution in [0.2, 0.25) is 10.0 Å². The van der Waals surface area contributed by atoms with Crippen molar-refractivity contribution in [3.8, 4) is 17.2 Å². The molecule has 0 radical (unpaired) electrons. The molecule has 1 aliphatic rings. The van der Waals surface area contributed by atoms with E-state index in [-0.39, 0.29) is 27.2 Å². The van der Waals surface area contributed by atoms with E-state index in [1.807, 2.05) is 30.3 Å². The van der Waals surface area contributed by atoms with Crippen molar-refractivity contribution in [2.75, 3.05) is 37.7 Å². The molecule has 0 saturated carbocycles. The Morgan fingerprint density at radius 3 is 2.31 bits per heavy atom. The predicted octanol–water partition coefficient (Wildman–Crippen LogP) is 5.43. The Morgan fingerprint density at radius 2 is 1.67 bits per heavy atom. The van der Waals surface area contributed by atoms with Crippen LogP contribution in [0.4, 0.5) is 10.5 Å². The predicted molar refractivity (Wildman–Crippen MR) is 137 cm³/mol. The zero-order valence-electron chi connectivity index (χ0n) is 19.2. The number of hydrogen-bond acceptors (Lipinski definition) is 5. The maximum Gasteiger partial charge on any atom is 0.325 e. The maximum atomic E-state index is 13.0. The Labute approximate surface area is 218 Å². The first kappa shape index (κ1) is 25.6. The van der Waals surface area contributed by atoms with E-state index in [9.17, 15) is 19.8 Å². The van der Waals surface area contributed by atoms with E-state index in [0.29, 0.717) is 44.0 Å². The highest BCUT2D eigenvalue weighted by molar-refractivity contribution is 6.37. The molecule has 0 aliphatic carbocycles. The second kappa shape index (κ2) is 11.5. The van der Waals surface area contributed by atoms with Crippen molar-refractivity contribution in [1.29, 1.82) is 0 Å². The Morgan fingerprint density at radius 1 is 1.00 bits per heavy atom. The Kier molecular flexibility index (Phi) is 8.20. The summed E-state index contributed by atoms with van der Waals surface area (Å²) in [6.07, 6.45) is 0.498. The Hall–Kier alpha value is -3.46. The number of ether oxygens (including phenoxy) is 2. The first-order valence-electron chi connectivity index (χ1n) is 11.2. The van der Waals surface area contributed by atoms with Crippen molar-refractivity contribution in [3.63, 3.8) is 0 Å². The second-order valence-corrected chi connectivity index (χ2v) is 8.97. The lowest BCUT2D eigenvalue weighted by Gasteiger charge is -2.32. The van der Waals surface area contributed by atoms with Crippen molar-refractivity contribution in [3.05, 3.63) is 81.8 Å². The van der Waals surface area contributed by atoms with Crippen LogP contribution in [0, 0.1) is 0 Å². The molecule has 0 aromatic heterocycles. The summed E-state index contributed by atoms with van der Waals surface area (Å²) in [5.41, 5.74) is 1.91. The van der Waals surface area contributed by atoms with Gasteiger partial charge in [0.15, 0.2) is 5.75 Å². The molecule has 0 bridgehead atoms. The van der Waals surface area contributed by atoms with Crippen LogP contribution < -0.4 is 9.64 Å². The van der Waals surface area contributed by atoms with Crippen LogP contribution in [-0.2, 0) is 16.0 Å². The molecule has 36 heavy (non-hydrogen) atoms. The van der Waals surface area contributed by atoms with Gasteiger partial charge in [0.2, 0.25) is 0 Å². The van der Waals surface area contributed by atoms with Gasteiger partial charge in [-0.15, -0.1) is 0 Å². The van der Waals surface area contributed by atoms with Crippen molar-refractivity contribution in [2.45, 2.75) is 6.42 Å². The van der Waals surface area contributed by atoms with Crippen LogP contribution in [0.15, 0.2) is 60.7 Å². The average molecular weight is 531 g/mol. The summed E-state index contributed by atoms with van der Waals surface area (Å²) in [7, 11) is 0. The molecule has 2 amide bonds. The Balaban J connectivity index is 1.59. The number of phenolic OH excluding ortho intramolecular Hbond substituents is 1. The van der Waals surface area contributed by atoms with E-state index < -0.39 is 18.5 Å². The van der Waals surface area contributed by atoms with E-state index in [0.717, 1.165) is 10.5 Å². The van der Waals surface area contributed by atoms with Gasteiger partial charge in [-0.1, -0.05) is 53.5 Å². The van der Waals surface area contributed by atoms with E-state index in [2.05, 4.69) is 0 Å². The van der Waals surface area contributed by atoms with Crippen molar-refractivity contribution >= 4 is 40.9 Å². The molecule has 3 aromatic carbocycles. The van der Waals surface area contributed by atoms with Gasteiger partial charge in [0.1, 0.15) is 18.0 Å². The topological polar surface area (TPSA) is 99.5 Å². The quantitative estimate of drug-likeness (QED) is 0.422. The van der Waals surface area contributed by atoms with Crippen LogP contribution >= 0.6 is 23.2 Å². The van der Waals surface area contributed by atoms with Gasteiger partial charge in [-0.05, 0) is 35.9 Å². The highest BCUT2D eigenvalue weighted by Gasteiger charge is 2.27. The lowest BCUT2D eigenvalue weighted by molar-refractivity contribution is -0.135. The smallest absolute Gasteiger partial charge is 0.325 e.